The Morgan fingerprint density at radius 3 is 1.75 bits per heavy atom. The Hall–Kier alpha value is -1.30. The molecule has 0 unspecified atom stereocenters. The van der Waals surface area contributed by atoms with Gasteiger partial charge in [0.15, 0.2) is 0 Å². The monoisotopic (exact) mass is 210 g/mol. The number of hydrogen-bond donors (Lipinski definition) is 0. The first-order valence-corrected chi connectivity index (χ1v) is 6.27. The molecule has 0 atom stereocenters. The summed E-state index contributed by atoms with van der Waals surface area (Å²) in [5.41, 5.74) is 9.25. The fourth-order valence-electron chi connectivity index (χ4n) is 3.14. The van der Waals surface area contributed by atoms with Gasteiger partial charge in [-0.1, -0.05) is 24.3 Å². The molecule has 0 fully saturated rings. The Bertz CT molecular complexity index is 458. The van der Waals surface area contributed by atoms with E-state index in [2.05, 4.69) is 38.2 Å². The van der Waals surface area contributed by atoms with Gasteiger partial charge in [0.2, 0.25) is 0 Å². The summed E-state index contributed by atoms with van der Waals surface area (Å²) in [6.45, 7) is 4.60. The highest BCUT2D eigenvalue weighted by molar-refractivity contribution is 5.72. The zero-order valence-corrected chi connectivity index (χ0v) is 10.1. The van der Waals surface area contributed by atoms with Crippen LogP contribution in [0.15, 0.2) is 12.2 Å². The minimum atomic E-state index is 1.21. The van der Waals surface area contributed by atoms with Crippen molar-refractivity contribution in [2.45, 2.75) is 39.5 Å². The molecular formula is C16H18. The van der Waals surface area contributed by atoms with Crippen molar-refractivity contribution < 1.29 is 0 Å². The molecule has 82 valence electrons. The van der Waals surface area contributed by atoms with Crippen molar-refractivity contribution in [3.63, 3.8) is 0 Å². The molecule has 2 aliphatic rings. The van der Waals surface area contributed by atoms with Crippen molar-refractivity contribution in [2.24, 2.45) is 0 Å². The van der Waals surface area contributed by atoms with Crippen LogP contribution < -0.4 is 0 Å². The molecule has 0 spiro atoms. The van der Waals surface area contributed by atoms with Gasteiger partial charge in [-0.05, 0) is 72.9 Å². The topological polar surface area (TPSA) is 0 Å². The van der Waals surface area contributed by atoms with Gasteiger partial charge in [0.25, 0.3) is 0 Å². The average Bonchev–Trinajstić information content (AvgIpc) is 2.36. The lowest BCUT2D eigenvalue weighted by Crippen LogP contribution is -2.09. The molecule has 0 bridgehead atoms. The van der Waals surface area contributed by atoms with Crippen molar-refractivity contribution in [3.05, 3.63) is 45.5 Å². The first-order chi connectivity index (χ1) is 7.79. The second kappa shape index (κ2) is 3.62. The van der Waals surface area contributed by atoms with E-state index in [1.807, 2.05) is 0 Å². The van der Waals surface area contributed by atoms with Gasteiger partial charge in [0, 0.05) is 0 Å². The molecule has 0 saturated carbocycles. The van der Waals surface area contributed by atoms with Crippen LogP contribution >= 0.6 is 0 Å². The van der Waals surface area contributed by atoms with Crippen molar-refractivity contribution in [3.8, 4) is 0 Å². The minimum Gasteiger partial charge on any atom is -0.0836 e. The van der Waals surface area contributed by atoms with E-state index in [-0.39, 0.29) is 0 Å². The van der Waals surface area contributed by atoms with Gasteiger partial charge in [-0.15, -0.1) is 0 Å². The zero-order chi connectivity index (χ0) is 11.1. The van der Waals surface area contributed by atoms with Crippen LogP contribution in [0.3, 0.4) is 0 Å². The van der Waals surface area contributed by atoms with E-state index in [1.165, 1.54) is 42.4 Å². The molecule has 3 rings (SSSR count). The lowest BCUT2D eigenvalue weighted by molar-refractivity contribution is 0.916. The van der Waals surface area contributed by atoms with Crippen molar-refractivity contribution >= 4 is 12.2 Å². The number of benzene rings is 1. The number of allylic oxidation sites excluding steroid dienone is 2. The average molecular weight is 210 g/mol. The Balaban J connectivity index is 2.35. The highest BCUT2D eigenvalue weighted by Crippen LogP contribution is 2.35. The van der Waals surface area contributed by atoms with Crippen LogP contribution in [-0.4, -0.2) is 0 Å². The van der Waals surface area contributed by atoms with Gasteiger partial charge >= 0.3 is 0 Å². The maximum Gasteiger partial charge on any atom is -0.0189 e. The second-order valence-electron chi connectivity index (χ2n) is 4.92. The number of hydrogen-bond acceptors (Lipinski definition) is 0. The number of fused-ring (bicyclic) bond motifs is 2. The molecule has 0 N–H and O–H groups in total. The molecule has 1 aromatic rings. The van der Waals surface area contributed by atoms with Crippen molar-refractivity contribution in [1.29, 1.82) is 0 Å². The van der Waals surface area contributed by atoms with Crippen molar-refractivity contribution in [2.75, 3.05) is 0 Å². The first-order valence-electron chi connectivity index (χ1n) is 6.27. The van der Waals surface area contributed by atoms with E-state index >= 15 is 0 Å². The van der Waals surface area contributed by atoms with Gasteiger partial charge in [-0.3, -0.25) is 0 Å². The standard InChI is InChI=1S/C16H18/c1-11-13-7-3-5-9-15(13)12(2)16-10-6-4-8-14(11)16/h3-4,7-8H,5-6,9-10H2,1-2H3. The molecular weight excluding hydrogens is 192 g/mol. The van der Waals surface area contributed by atoms with Crippen LogP contribution in [0.1, 0.15) is 46.2 Å². The lowest BCUT2D eigenvalue weighted by Gasteiger charge is -2.24. The Labute approximate surface area is 97.7 Å². The third-order valence-corrected chi connectivity index (χ3v) is 4.05. The smallest absolute Gasteiger partial charge is 0.0189 e. The number of rotatable bonds is 0. The summed E-state index contributed by atoms with van der Waals surface area (Å²) in [5.74, 6) is 0. The van der Waals surface area contributed by atoms with Crippen LogP contribution in [0.5, 0.6) is 0 Å². The van der Waals surface area contributed by atoms with Gasteiger partial charge in [0.1, 0.15) is 0 Å². The van der Waals surface area contributed by atoms with E-state index in [1.54, 1.807) is 16.7 Å². The highest BCUT2D eigenvalue weighted by Gasteiger charge is 2.18. The Morgan fingerprint density at radius 1 is 0.750 bits per heavy atom. The van der Waals surface area contributed by atoms with Gasteiger partial charge in [0.05, 0.1) is 0 Å². The fraction of sp³-hybridized carbons (Fsp3) is 0.375. The normalized spacial score (nSPS) is 17.1. The molecule has 0 saturated heterocycles. The van der Waals surface area contributed by atoms with Gasteiger partial charge in [-0.2, -0.15) is 0 Å². The van der Waals surface area contributed by atoms with Crippen LogP contribution in [0.2, 0.25) is 0 Å². The van der Waals surface area contributed by atoms with E-state index in [0.29, 0.717) is 0 Å². The third-order valence-electron chi connectivity index (χ3n) is 4.05. The quantitative estimate of drug-likeness (QED) is 0.601. The predicted molar refractivity (Wildman–Crippen MR) is 70.6 cm³/mol. The largest absolute Gasteiger partial charge is 0.0836 e. The first kappa shape index (κ1) is 9.89. The molecule has 16 heavy (non-hydrogen) atoms. The summed E-state index contributed by atoms with van der Waals surface area (Å²) >= 11 is 0. The summed E-state index contributed by atoms with van der Waals surface area (Å²) in [5, 5.41) is 0. The minimum absolute atomic E-state index is 1.21. The lowest BCUT2D eigenvalue weighted by atomic mass is 9.80. The Morgan fingerprint density at radius 2 is 1.25 bits per heavy atom. The summed E-state index contributed by atoms with van der Waals surface area (Å²) in [6, 6.07) is 0. The summed E-state index contributed by atoms with van der Waals surface area (Å²) in [7, 11) is 0. The van der Waals surface area contributed by atoms with E-state index in [9.17, 15) is 0 Å². The van der Waals surface area contributed by atoms with E-state index < -0.39 is 0 Å². The van der Waals surface area contributed by atoms with E-state index in [4.69, 9.17) is 0 Å². The highest BCUT2D eigenvalue weighted by atomic mass is 14.2. The Kier molecular flexibility index (Phi) is 2.24. The molecule has 0 heterocycles. The van der Waals surface area contributed by atoms with Crippen molar-refractivity contribution in [1.82, 2.24) is 0 Å². The third kappa shape index (κ3) is 1.29. The van der Waals surface area contributed by atoms with Crippen LogP contribution in [-0.2, 0) is 12.8 Å². The summed E-state index contributed by atoms with van der Waals surface area (Å²) in [4.78, 5) is 0. The molecule has 0 nitrogen and oxygen atoms in total. The van der Waals surface area contributed by atoms with Gasteiger partial charge in [-0.25, -0.2) is 0 Å². The SMILES string of the molecule is Cc1c2c(c(C)c3c1C=CCC3)CCC=C2. The maximum atomic E-state index is 2.32. The van der Waals surface area contributed by atoms with Crippen LogP contribution in [0, 0.1) is 13.8 Å². The van der Waals surface area contributed by atoms with Crippen LogP contribution in [0.25, 0.3) is 12.2 Å². The molecule has 1 aromatic carbocycles. The second-order valence-corrected chi connectivity index (χ2v) is 4.92. The molecule has 0 amide bonds. The van der Waals surface area contributed by atoms with E-state index in [0.717, 1.165) is 0 Å². The predicted octanol–water partition coefficient (Wildman–Crippen LogP) is 4.22. The molecule has 0 aromatic heterocycles. The maximum absolute atomic E-state index is 2.32. The summed E-state index contributed by atoms with van der Waals surface area (Å²) in [6.07, 6.45) is 14.2. The van der Waals surface area contributed by atoms with Crippen LogP contribution in [0.4, 0.5) is 0 Å². The zero-order valence-electron chi connectivity index (χ0n) is 10.1. The molecule has 2 aliphatic carbocycles. The summed E-state index contributed by atoms with van der Waals surface area (Å²) < 4.78 is 0. The van der Waals surface area contributed by atoms with Gasteiger partial charge < -0.3 is 0 Å². The molecule has 0 radical (unpaired) electrons. The molecule has 0 heteroatoms. The molecule has 0 aliphatic heterocycles. The fourth-order valence-corrected chi connectivity index (χ4v) is 3.14.